The molecule has 0 bridgehead atoms. The average Bonchev–Trinajstić information content (AvgIpc) is 2.65. The van der Waals surface area contributed by atoms with Crippen LogP contribution in [0.3, 0.4) is 0 Å². The molecule has 0 spiro atoms. The number of hydrogen-bond acceptors (Lipinski definition) is 4. The lowest BCUT2D eigenvalue weighted by Gasteiger charge is -2.15. The van der Waals surface area contributed by atoms with Crippen molar-refractivity contribution in [1.29, 1.82) is 0 Å². The van der Waals surface area contributed by atoms with E-state index in [0.29, 0.717) is 6.42 Å². The van der Waals surface area contributed by atoms with Gasteiger partial charge in [0.1, 0.15) is 0 Å². The minimum atomic E-state index is -0.951. The lowest BCUT2D eigenvalue weighted by atomic mass is 9.95. The van der Waals surface area contributed by atoms with Crippen molar-refractivity contribution in [3.8, 4) is 0 Å². The van der Waals surface area contributed by atoms with E-state index in [4.69, 9.17) is 0 Å². The molecule has 126 valence electrons. The summed E-state index contributed by atoms with van der Waals surface area (Å²) in [6.45, 7) is 0.0218. The first kappa shape index (κ1) is 16.6. The van der Waals surface area contributed by atoms with Crippen LogP contribution in [0.2, 0.25) is 0 Å². The molecular formula is C19H17N3O3. The molecule has 6 heteroatoms. The van der Waals surface area contributed by atoms with Crippen LogP contribution in [0.15, 0.2) is 60.8 Å². The maximum absolute atomic E-state index is 12.0. The molecule has 1 atom stereocenters. The van der Waals surface area contributed by atoms with Gasteiger partial charge in [-0.25, -0.2) is 0 Å². The van der Waals surface area contributed by atoms with Crippen LogP contribution in [-0.4, -0.2) is 33.7 Å². The molecule has 0 saturated carbocycles. The molecule has 0 aliphatic rings. The van der Waals surface area contributed by atoms with Gasteiger partial charge in [-0.3, -0.25) is 9.59 Å². The fraction of sp³-hybridized carbons (Fsp3) is 0.158. The lowest BCUT2D eigenvalue weighted by molar-refractivity contribution is -0.141. The number of carbonyl (C=O) groups is 2. The van der Waals surface area contributed by atoms with E-state index in [9.17, 15) is 14.7 Å². The number of fused-ring (bicyclic) bond motifs is 1. The number of carboxylic acid groups (broad SMARTS) is 1. The highest BCUT2D eigenvalue weighted by Gasteiger charge is 2.20. The van der Waals surface area contributed by atoms with Crippen molar-refractivity contribution in [1.82, 2.24) is 15.5 Å². The molecule has 3 rings (SSSR count). The van der Waals surface area contributed by atoms with Gasteiger partial charge in [-0.05, 0) is 34.9 Å². The molecule has 0 fully saturated rings. The topological polar surface area (TPSA) is 92.2 Å². The number of benzene rings is 2. The standard InChI is InChI=1S/C19H17N3O3/c23-18(17-9-4-10-21-22-17)20-12-15(19(24)25)11-14-7-3-6-13-5-1-2-8-16(13)14/h1-10,15H,11-12H2,(H,20,23)(H,24,25). The van der Waals surface area contributed by atoms with Gasteiger partial charge in [-0.1, -0.05) is 42.5 Å². The van der Waals surface area contributed by atoms with E-state index in [1.165, 1.54) is 12.3 Å². The predicted octanol–water partition coefficient (Wildman–Crippen LogP) is 2.30. The van der Waals surface area contributed by atoms with Gasteiger partial charge in [-0.2, -0.15) is 5.10 Å². The fourth-order valence-corrected chi connectivity index (χ4v) is 2.71. The smallest absolute Gasteiger partial charge is 0.308 e. The maximum atomic E-state index is 12.0. The zero-order valence-electron chi connectivity index (χ0n) is 13.4. The number of hydrogen-bond donors (Lipinski definition) is 2. The number of carboxylic acids is 1. The molecule has 1 heterocycles. The predicted molar refractivity (Wildman–Crippen MR) is 93.1 cm³/mol. The minimum Gasteiger partial charge on any atom is -0.481 e. The molecule has 1 amide bonds. The normalized spacial score (nSPS) is 11.8. The molecule has 0 radical (unpaired) electrons. The minimum absolute atomic E-state index is 0.0218. The number of carbonyl (C=O) groups excluding carboxylic acids is 1. The number of amides is 1. The van der Waals surface area contributed by atoms with Crippen LogP contribution in [0.25, 0.3) is 10.8 Å². The van der Waals surface area contributed by atoms with Gasteiger partial charge in [0.2, 0.25) is 0 Å². The second-order valence-electron chi connectivity index (χ2n) is 5.70. The molecule has 0 saturated heterocycles. The summed E-state index contributed by atoms with van der Waals surface area (Å²) in [6.07, 6.45) is 1.80. The Kier molecular flexibility index (Phi) is 4.99. The summed E-state index contributed by atoms with van der Waals surface area (Å²) >= 11 is 0. The fourth-order valence-electron chi connectivity index (χ4n) is 2.71. The van der Waals surface area contributed by atoms with Crippen LogP contribution in [0, 0.1) is 5.92 Å². The van der Waals surface area contributed by atoms with Crippen LogP contribution in [0.1, 0.15) is 16.1 Å². The van der Waals surface area contributed by atoms with Crippen LogP contribution in [-0.2, 0) is 11.2 Å². The van der Waals surface area contributed by atoms with E-state index in [1.807, 2.05) is 42.5 Å². The Morgan fingerprint density at radius 1 is 1.04 bits per heavy atom. The summed E-state index contributed by atoms with van der Waals surface area (Å²) in [5.41, 5.74) is 1.11. The maximum Gasteiger partial charge on any atom is 0.308 e. The molecule has 1 aromatic heterocycles. The third-order valence-corrected chi connectivity index (χ3v) is 4.01. The summed E-state index contributed by atoms with van der Waals surface area (Å²) in [7, 11) is 0. The van der Waals surface area contributed by atoms with Crippen molar-refractivity contribution in [3.63, 3.8) is 0 Å². The van der Waals surface area contributed by atoms with Crippen molar-refractivity contribution >= 4 is 22.6 Å². The summed E-state index contributed by atoms with van der Waals surface area (Å²) in [5.74, 6) is -2.11. The quantitative estimate of drug-likeness (QED) is 0.721. The molecule has 3 aromatic rings. The molecular weight excluding hydrogens is 318 g/mol. The van der Waals surface area contributed by atoms with Gasteiger partial charge < -0.3 is 10.4 Å². The Morgan fingerprint density at radius 2 is 1.84 bits per heavy atom. The van der Waals surface area contributed by atoms with Crippen molar-refractivity contribution < 1.29 is 14.7 Å². The Bertz CT molecular complexity index is 891. The van der Waals surface area contributed by atoms with Crippen molar-refractivity contribution in [2.24, 2.45) is 5.92 Å². The monoisotopic (exact) mass is 335 g/mol. The van der Waals surface area contributed by atoms with Crippen LogP contribution < -0.4 is 5.32 Å². The second kappa shape index (κ2) is 7.53. The lowest BCUT2D eigenvalue weighted by Crippen LogP contribution is -2.34. The van der Waals surface area contributed by atoms with Crippen LogP contribution in [0.4, 0.5) is 0 Å². The Balaban J connectivity index is 1.73. The molecule has 25 heavy (non-hydrogen) atoms. The number of nitrogens with one attached hydrogen (secondary N) is 1. The first-order valence-electron chi connectivity index (χ1n) is 7.90. The molecule has 2 aromatic carbocycles. The molecule has 2 N–H and O–H groups in total. The highest BCUT2D eigenvalue weighted by molar-refractivity contribution is 5.92. The summed E-state index contributed by atoms with van der Waals surface area (Å²) in [5, 5.41) is 21.6. The van der Waals surface area contributed by atoms with Gasteiger partial charge in [0.25, 0.3) is 5.91 Å². The second-order valence-corrected chi connectivity index (χ2v) is 5.70. The van der Waals surface area contributed by atoms with Crippen molar-refractivity contribution in [2.75, 3.05) is 6.54 Å². The van der Waals surface area contributed by atoms with E-state index >= 15 is 0 Å². The Labute approximate surface area is 144 Å². The van der Waals surface area contributed by atoms with Gasteiger partial charge >= 0.3 is 5.97 Å². The zero-order valence-corrected chi connectivity index (χ0v) is 13.4. The molecule has 0 aliphatic heterocycles. The third-order valence-electron chi connectivity index (χ3n) is 4.01. The highest BCUT2D eigenvalue weighted by Crippen LogP contribution is 2.21. The molecule has 1 unspecified atom stereocenters. The highest BCUT2D eigenvalue weighted by atomic mass is 16.4. The van der Waals surface area contributed by atoms with E-state index in [1.54, 1.807) is 6.07 Å². The van der Waals surface area contributed by atoms with Crippen LogP contribution >= 0.6 is 0 Å². The molecule has 0 aliphatic carbocycles. The number of nitrogens with zero attached hydrogens (tertiary/aromatic N) is 2. The van der Waals surface area contributed by atoms with Crippen molar-refractivity contribution in [2.45, 2.75) is 6.42 Å². The summed E-state index contributed by atoms with van der Waals surface area (Å²) in [6, 6.07) is 16.8. The summed E-state index contributed by atoms with van der Waals surface area (Å²) in [4.78, 5) is 23.6. The Hall–Kier alpha value is -3.28. The molecule has 6 nitrogen and oxygen atoms in total. The number of aliphatic carboxylic acids is 1. The van der Waals surface area contributed by atoms with Gasteiger partial charge in [0.05, 0.1) is 5.92 Å². The van der Waals surface area contributed by atoms with Gasteiger partial charge in [0, 0.05) is 12.7 Å². The van der Waals surface area contributed by atoms with E-state index in [-0.39, 0.29) is 12.2 Å². The summed E-state index contributed by atoms with van der Waals surface area (Å²) < 4.78 is 0. The van der Waals surface area contributed by atoms with Gasteiger partial charge in [0.15, 0.2) is 5.69 Å². The van der Waals surface area contributed by atoms with Crippen LogP contribution in [0.5, 0.6) is 0 Å². The first-order valence-corrected chi connectivity index (χ1v) is 7.90. The third kappa shape index (κ3) is 3.98. The largest absolute Gasteiger partial charge is 0.481 e. The SMILES string of the molecule is O=C(NCC(Cc1cccc2ccccc12)C(=O)O)c1cccnn1. The van der Waals surface area contributed by atoms with Gasteiger partial charge in [-0.15, -0.1) is 5.10 Å². The average molecular weight is 335 g/mol. The number of aromatic nitrogens is 2. The Morgan fingerprint density at radius 3 is 2.60 bits per heavy atom. The van der Waals surface area contributed by atoms with E-state index < -0.39 is 17.8 Å². The first-order chi connectivity index (χ1) is 12.1. The van der Waals surface area contributed by atoms with Crippen molar-refractivity contribution in [3.05, 3.63) is 72.1 Å². The van der Waals surface area contributed by atoms with E-state index in [0.717, 1.165) is 16.3 Å². The number of rotatable bonds is 6. The van der Waals surface area contributed by atoms with E-state index in [2.05, 4.69) is 15.5 Å². The zero-order chi connectivity index (χ0) is 17.6.